The van der Waals surface area contributed by atoms with E-state index in [1.165, 1.54) is 17.7 Å². The zero-order valence-electron chi connectivity index (χ0n) is 22.8. The number of alkyl halides is 3. The van der Waals surface area contributed by atoms with Crippen LogP contribution in [-0.4, -0.2) is 48.6 Å². The van der Waals surface area contributed by atoms with Crippen molar-refractivity contribution in [1.29, 1.82) is 0 Å². The first-order valence-corrected chi connectivity index (χ1v) is 14.0. The van der Waals surface area contributed by atoms with Crippen LogP contribution < -0.4 is 9.64 Å². The maximum atomic E-state index is 13.4. The summed E-state index contributed by atoms with van der Waals surface area (Å²) in [5.41, 5.74) is 4.65. The molecule has 4 aromatic heterocycles. The summed E-state index contributed by atoms with van der Waals surface area (Å²) in [6, 6.07) is 7.18. The van der Waals surface area contributed by atoms with E-state index in [1.807, 2.05) is 37.9 Å². The van der Waals surface area contributed by atoms with Crippen molar-refractivity contribution in [2.75, 3.05) is 19.1 Å². The number of fused-ring (bicyclic) bond motifs is 1. The zero-order chi connectivity index (χ0) is 28.9. The average molecular weight is 581 g/mol. The second-order valence-electron chi connectivity index (χ2n) is 10.3. The summed E-state index contributed by atoms with van der Waals surface area (Å²) in [5, 5.41) is 0. The van der Waals surface area contributed by atoms with Gasteiger partial charge in [-0.15, -0.1) is 11.3 Å². The normalized spacial score (nSPS) is 13.8. The van der Waals surface area contributed by atoms with Crippen LogP contribution in [0.1, 0.15) is 55.6 Å². The van der Waals surface area contributed by atoms with Gasteiger partial charge in [-0.25, -0.2) is 29.9 Å². The number of rotatable bonds is 8. The number of nitrogens with zero attached hydrogens (tertiary/aromatic N) is 8. The lowest BCUT2D eigenvalue weighted by molar-refractivity contribution is -0.140. The molecular weight excluding hydrogens is 553 g/mol. The smallest absolute Gasteiger partial charge is 0.434 e. The van der Waals surface area contributed by atoms with Gasteiger partial charge in [0.15, 0.2) is 17.3 Å². The van der Waals surface area contributed by atoms with Crippen molar-refractivity contribution in [3.05, 3.63) is 59.3 Å². The molecule has 5 aromatic rings. The monoisotopic (exact) mass is 580 g/mol. The van der Waals surface area contributed by atoms with Gasteiger partial charge in [0.25, 0.3) is 0 Å². The van der Waals surface area contributed by atoms with Crippen LogP contribution in [-0.2, 0) is 12.7 Å². The molecule has 212 valence electrons. The Hall–Kier alpha value is -4.13. The molecule has 0 radical (unpaired) electrons. The summed E-state index contributed by atoms with van der Waals surface area (Å²) in [6.45, 7) is 4.14. The number of ether oxygens (including phenoxy) is 1. The van der Waals surface area contributed by atoms with E-state index >= 15 is 0 Å². The maximum absolute atomic E-state index is 13.4. The van der Waals surface area contributed by atoms with E-state index in [-0.39, 0.29) is 11.9 Å². The van der Waals surface area contributed by atoms with Gasteiger partial charge in [0.1, 0.15) is 28.1 Å². The van der Waals surface area contributed by atoms with Crippen molar-refractivity contribution in [2.24, 2.45) is 0 Å². The second-order valence-corrected chi connectivity index (χ2v) is 11.1. The SMILES string of the molecule is COc1ncnc(C2CC2)c1-c1nc(N(C)Cc2ccc(-c3nc(C(F)(F)F)cn3C(C)C)cc2)c2ncsc2n1. The molecule has 13 heteroatoms. The van der Waals surface area contributed by atoms with E-state index in [9.17, 15) is 13.2 Å². The third-order valence-corrected chi connectivity index (χ3v) is 7.69. The molecule has 41 heavy (non-hydrogen) atoms. The van der Waals surface area contributed by atoms with Gasteiger partial charge in [0.05, 0.1) is 18.3 Å². The van der Waals surface area contributed by atoms with E-state index in [0.717, 1.165) is 35.1 Å². The number of anilines is 1. The lowest BCUT2D eigenvalue weighted by Gasteiger charge is -2.20. The van der Waals surface area contributed by atoms with Crippen LogP contribution in [0.15, 0.2) is 42.3 Å². The van der Waals surface area contributed by atoms with Crippen LogP contribution in [0, 0.1) is 0 Å². The van der Waals surface area contributed by atoms with Crippen LogP contribution in [0.5, 0.6) is 5.88 Å². The molecule has 9 nitrogen and oxygen atoms in total. The van der Waals surface area contributed by atoms with Crippen LogP contribution in [0.3, 0.4) is 0 Å². The first-order chi connectivity index (χ1) is 19.6. The Kier molecular flexibility index (Phi) is 6.84. The molecule has 1 aliphatic rings. The van der Waals surface area contributed by atoms with E-state index in [2.05, 4.69) is 19.9 Å². The van der Waals surface area contributed by atoms with Gasteiger partial charge in [-0.2, -0.15) is 13.2 Å². The first kappa shape index (κ1) is 27.1. The molecule has 0 atom stereocenters. The van der Waals surface area contributed by atoms with Crippen molar-refractivity contribution >= 4 is 27.5 Å². The fourth-order valence-electron chi connectivity index (χ4n) is 4.78. The molecule has 1 aromatic carbocycles. The quantitative estimate of drug-likeness (QED) is 0.205. The van der Waals surface area contributed by atoms with Gasteiger partial charge < -0.3 is 14.2 Å². The number of thiazole rings is 1. The summed E-state index contributed by atoms with van der Waals surface area (Å²) < 4.78 is 47.2. The molecule has 0 spiro atoms. The third-order valence-electron chi connectivity index (χ3n) is 6.98. The molecule has 1 fully saturated rings. The Morgan fingerprint density at radius 3 is 2.49 bits per heavy atom. The third kappa shape index (κ3) is 5.21. The van der Waals surface area contributed by atoms with Gasteiger partial charge in [-0.3, -0.25) is 0 Å². The summed E-state index contributed by atoms with van der Waals surface area (Å²) in [7, 11) is 3.49. The maximum Gasteiger partial charge on any atom is 0.434 e. The summed E-state index contributed by atoms with van der Waals surface area (Å²) in [6.07, 6.45) is 0.163. The molecule has 0 aliphatic heterocycles. The Morgan fingerprint density at radius 2 is 1.83 bits per heavy atom. The van der Waals surface area contributed by atoms with Gasteiger partial charge in [0, 0.05) is 37.3 Å². The van der Waals surface area contributed by atoms with Gasteiger partial charge >= 0.3 is 6.18 Å². The largest absolute Gasteiger partial charge is 0.480 e. The molecule has 0 amide bonds. The van der Waals surface area contributed by atoms with Gasteiger partial charge in [-0.1, -0.05) is 24.3 Å². The average Bonchev–Trinajstić information content (AvgIpc) is 3.49. The van der Waals surface area contributed by atoms with Crippen molar-refractivity contribution in [3.8, 4) is 28.7 Å². The lowest BCUT2D eigenvalue weighted by atomic mass is 10.1. The molecule has 0 unspecified atom stereocenters. The standard InChI is InChI=1S/C28H27F3N8OS/c1-15(2)39-12-19(28(29,30)31)35-24(39)18-7-5-16(6-8-18)11-38(3)25-22-27(41-14-34-22)37-23(36-25)20-21(17-9-10-17)32-13-33-26(20)40-4/h5-8,12-15,17H,9-11H2,1-4H3. The molecule has 4 heterocycles. The lowest BCUT2D eigenvalue weighted by Crippen LogP contribution is -2.19. The highest BCUT2D eigenvalue weighted by Gasteiger charge is 2.35. The Bertz CT molecular complexity index is 1710. The van der Waals surface area contributed by atoms with Crippen LogP contribution in [0.4, 0.5) is 19.0 Å². The Labute approximate surface area is 238 Å². The second kappa shape index (κ2) is 10.4. The molecule has 0 bridgehead atoms. The highest BCUT2D eigenvalue weighted by molar-refractivity contribution is 7.16. The summed E-state index contributed by atoms with van der Waals surface area (Å²) in [5.74, 6) is 2.18. The van der Waals surface area contributed by atoms with E-state index in [1.54, 1.807) is 29.3 Å². The minimum Gasteiger partial charge on any atom is -0.480 e. The first-order valence-electron chi connectivity index (χ1n) is 13.1. The minimum absolute atomic E-state index is 0.180. The molecule has 1 aliphatic carbocycles. The zero-order valence-corrected chi connectivity index (χ0v) is 23.7. The number of hydrogen-bond acceptors (Lipinski definition) is 9. The number of benzene rings is 1. The topological polar surface area (TPSA) is 94.7 Å². The fraction of sp³-hybridized carbons (Fsp3) is 0.357. The Morgan fingerprint density at radius 1 is 1.07 bits per heavy atom. The van der Waals surface area contributed by atoms with Crippen molar-refractivity contribution < 1.29 is 17.9 Å². The van der Waals surface area contributed by atoms with Crippen molar-refractivity contribution in [2.45, 2.75) is 51.4 Å². The van der Waals surface area contributed by atoms with E-state index < -0.39 is 11.9 Å². The number of hydrogen-bond donors (Lipinski definition) is 0. The minimum atomic E-state index is -4.51. The van der Waals surface area contributed by atoms with Crippen molar-refractivity contribution in [1.82, 2.24) is 34.5 Å². The fourth-order valence-corrected chi connectivity index (χ4v) is 5.44. The highest BCUT2D eigenvalue weighted by atomic mass is 32.1. The highest BCUT2D eigenvalue weighted by Crippen LogP contribution is 2.45. The number of methoxy groups -OCH3 is 1. The van der Waals surface area contributed by atoms with Gasteiger partial charge in [-0.05, 0) is 32.3 Å². The number of imidazole rings is 1. The summed E-state index contributed by atoms with van der Waals surface area (Å²) in [4.78, 5) is 29.7. The molecule has 0 saturated heterocycles. The molecular formula is C28H27F3N8OS. The number of aromatic nitrogens is 7. The van der Waals surface area contributed by atoms with Crippen LogP contribution >= 0.6 is 11.3 Å². The Balaban J connectivity index is 1.32. The van der Waals surface area contributed by atoms with Crippen LogP contribution in [0.25, 0.3) is 33.1 Å². The number of halogens is 3. The summed E-state index contributed by atoms with van der Waals surface area (Å²) >= 11 is 1.42. The van der Waals surface area contributed by atoms with Crippen LogP contribution in [0.2, 0.25) is 0 Å². The predicted molar refractivity (Wildman–Crippen MR) is 150 cm³/mol. The van der Waals surface area contributed by atoms with Crippen molar-refractivity contribution in [3.63, 3.8) is 0 Å². The predicted octanol–water partition coefficient (Wildman–Crippen LogP) is 6.53. The van der Waals surface area contributed by atoms with E-state index in [0.29, 0.717) is 46.6 Å². The van der Waals surface area contributed by atoms with Gasteiger partial charge in [0.2, 0.25) is 5.88 Å². The molecule has 6 rings (SSSR count). The van der Waals surface area contributed by atoms with E-state index in [4.69, 9.17) is 14.7 Å². The molecule has 0 N–H and O–H groups in total. The molecule has 1 saturated carbocycles.